The third-order valence-electron chi connectivity index (χ3n) is 2.33. The molecule has 1 aliphatic heterocycles. The zero-order valence-corrected chi connectivity index (χ0v) is 7.15. The second-order valence-electron chi connectivity index (χ2n) is 3.51. The van der Waals surface area contributed by atoms with Crippen molar-refractivity contribution in [3.63, 3.8) is 0 Å². The predicted octanol–water partition coefficient (Wildman–Crippen LogP) is 2.75. The Morgan fingerprint density at radius 2 is 2.20 bits per heavy atom. The number of ether oxygens (including phenoxy) is 1. The van der Waals surface area contributed by atoms with Crippen molar-refractivity contribution in [1.29, 1.82) is 0 Å². The quantitative estimate of drug-likeness (QED) is 0.576. The Bertz CT molecular complexity index is 87.4. The monoisotopic (exact) mass is 142 g/mol. The van der Waals surface area contributed by atoms with Crippen molar-refractivity contribution in [3.8, 4) is 0 Å². The van der Waals surface area contributed by atoms with Crippen LogP contribution in [-0.2, 0) is 4.74 Å². The van der Waals surface area contributed by atoms with E-state index in [2.05, 4.69) is 13.8 Å². The average molecular weight is 142 g/mol. The zero-order chi connectivity index (χ0) is 7.45. The summed E-state index contributed by atoms with van der Waals surface area (Å²) in [5.41, 5.74) is 0.229. The van der Waals surface area contributed by atoms with E-state index < -0.39 is 0 Å². The van der Waals surface area contributed by atoms with Gasteiger partial charge in [0.25, 0.3) is 0 Å². The van der Waals surface area contributed by atoms with E-state index in [-0.39, 0.29) is 5.60 Å². The summed E-state index contributed by atoms with van der Waals surface area (Å²) in [7, 11) is 0. The summed E-state index contributed by atoms with van der Waals surface area (Å²) in [6.07, 6.45) is 6.36. The van der Waals surface area contributed by atoms with Gasteiger partial charge in [-0.05, 0) is 32.6 Å². The smallest absolute Gasteiger partial charge is 0.0654 e. The molecule has 0 aliphatic carbocycles. The summed E-state index contributed by atoms with van der Waals surface area (Å²) in [5, 5.41) is 0. The molecule has 0 N–H and O–H groups in total. The Hall–Kier alpha value is -0.0400. The Balaban J connectivity index is 2.32. The minimum absolute atomic E-state index is 0.229. The van der Waals surface area contributed by atoms with E-state index in [0.717, 1.165) is 6.61 Å². The summed E-state index contributed by atoms with van der Waals surface area (Å²) in [5.74, 6) is 0. The van der Waals surface area contributed by atoms with Crippen molar-refractivity contribution in [1.82, 2.24) is 0 Å². The van der Waals surface area contributed by atoms with Gasteiger partial charge in [-0.1, -0.05) is 13.3 Å². The van der Waals surface area contributed by atoms with Crippen LogP contribution in [-0.4, -0.2) is 12.2 Å². The van der Waals surface area contributed by atoms with Crippen LogP contribution in [0, 0.1) is 0 Å². The van der Waals surface area contributed by atoms with Crippen molar-refractivity contribution in [2.45, 2.75) is 51.6 Å². The standard InChI is InChI=1S/C9H18O/c1-3-6-9(2)7-4-5-8-10-9/h3-8H2,1-2H3. The molecule has 1 fully saturated rings. The Labute approximate surface area is 63.8 Å². The van der Waals surface area contributed by atoms with Gasteiger partial charge < -0.3 is 4.74 Å². The minimum Gasteiger partial charge on any atom is -0.375 e. The van der Waals surface area contributed by atoms with Crippen LogP contribution in [0.1, 0.15) is 46.0 Å². The van der Waals surface area contributed by atoms with Crippen molar-refractivity contribution in [2.24, 2.45) is 0 Å². The Morgan fingerprint density at radius 3 is 2.70 bits per heavy atom. The van der Waals surface area contributed by atoms with E-state index in [1.54, 1.807) is 0 Å². The number of rotatable bonds is 2. The summed E-state index contributed by atoms with van der Waals surface area (Å²) in [6.45, 7) is 5.45. The number of hydrogen-bond donors (Lipinski definition) is 0. The normalized spacial score (nSPS) is 34.2. The summed E-state index contributed by atoms with van der Waals surface area (Å²) < 4.78 is 5.71. The van der Waals surface area contributed by atoms with E-state index in [0.29, 0.717) is 0 Å². The van der Waals surface area contributed by atoms with Crippen molar-refractivity contribution in [3.05, 3.63) is 0 Å². The summed E-state index contributed by atoms with van der Waals surface area (Å²) >= 11 is 0. The molecule has 1 unspecified atom stereocenters. The van der Waals surface area contributed by atoms with E-state index in [1.807, 2.05) is 0 Å². The van der Waals surface area contributed by atoms with Gasteiger partial charge in [-0.2, -0.15) is 0 Å². The zero-order valence-electron chi connectivity index (χ0n) is 7.15. The van der Waals surface area contributed by atoms with Gasteiger partial charge in [0.15, 0.2) is 0 Å². The molecular formula is C9H18O. The third kappa shape index (κ3) is 1.98. The van der Waals surface area contributed by atoms with E-state index in [4.69, 9.17) is 4.74 Å². The van der Waals surface area contributed by atoms with Crippen molar-refractivity contribution < 1.29 is 4.74 Å². The lowest BCUT2D eigenvalue weighted by Gasteiger charge is -2.33. The largest absolute Gasteiger partial charge is 0.375 e. The molecule has 0 saturated carbocycles. The first-order valence-electron chi connectivity index (χ1n) is 4.41. The molecule has 0 radical (unpaired) electrons. The third-order valence-corrected chi connectivity index (χ3v) is 2.33. The molecule has 0 bridgehead atoms. The molecule has 60 valence electrons. The molecule has 1 saturated heterocycles. The molecule has 0 spiro atoms. The maximum Gasteiger partial charge on any atom is 0.0654 e. The highest BCUT2D eigenvalue weighted by atomic mass is 16.5. The SMILES string of the molecule is CCCC1(C)CCCCO1. The predicted molar refractivity (Wildman–Crippen MR) is 43.1 cm³/mol. The molecule has 1 nitrogen and oxygen atoms in total. The molecule has 1 heterocycles. The fourth-order valence-corrected chi connectivity index (χ4v) is 1.72. The molecule has 1 rings (SSSR count). The lowest BCUT2D eigenvalue weighted by molar-refractivity contribution is -0.0703. The first kappa shape index (κ1) is 8.06. The maximum absolute atomic E-state index is 5.71. The van der Waals surface area contributed by atoms with Gasteiger partial charge in [-0.15, -0.1) is 0 Å². The highest BCUT2D eigenvalue weighted by Crippen LogP contribution is 2.28. The van der Waals surface area contributed by atoms with Gasteiger partial charge in [-0.3, -0.25) is 0 Å². The lowest BCUT2D eigenvalue weighted by atomic mass is 9.91. The highest BCUT2D eigenvalue weighted by molar-refractivity contribution is 4.77. The molecular weight excluding hydrogens is 124 g/mol. The van der Waals surface area contributed by atoms with Gasteiger partial charge in [-0.25, -0.2) is 0 Å². The van der Waals surface area contributed by atoms with Gasteiger partial charge in [0, 0.05) is 6.61 Å². The van der Waals surface area contributed by atoms with Gasteiger partial charge >= 0.3 is 0 Å². The molecule has 10 heavy (non-hydrogen) atoms. The fourth-order valence-electron chi connectivity index (χ4n) is 1.72. The van der Waals surface area contributed by atoms with Crippen LogP contribution in [0.3, 0.4) is 0 Å². The molecule has 1 atom stereocenters. The maximum atomic E-state index is 5.71. The fraction of sp³-hybridized carbons (Fsp3) is 1.00. The van der Waals surface area contributed by atoms with E-state index in [1.165, 1.54) is 32.1 Å². The second-order valence-corrected chi connectivity index (χ2v) is 3.51. The van der Waals surface area contributed by atoms with Gasteiger partial charge in [0.05, 0.1) is 5.60 Å². The Kier molecular flexibility index (Phi) is 2.72. The summed E-state index contributed by atoms with van der Waals surface area (Å²) in [6, 6.07) is 0. The Morgan fingerprint density at radius 1 is 1.40 bits per heavy atom. The van der Waals surface area contributed by atoms with Gasteiger partial charge in [0.2, 0.25) is 0 Å². The molecule has 0 aromatic rings. The van der Waals surface area contributed by atoms with Crippen LogP contribution in [0.15, 0.2) is 0 Å². The molecule has 1 aliphatic rings. The van der Waals surface area contributed by atoms with Crippen LogP contribution >= 0.6 is 0 Å². The molecule has 0 aromatic heterocycles. The number of hydrogen-bond acceptors (Lipinski definition) is 1. The van der Waals surface area contributed by atoms with Crippen LogP contribution in [0.5, 0.6) is 0 Å². The molecule has 0 amide bonds. The second kappa shape index (κ2) is 3.38. The van der Waals surface area contributed by atoms with Crippen LogP contribution in [0.25, 0.3) is 0 Å². The first-order valence-corrected chi connectivity index (χ1v) is 4.41. The average Bonchev–Trinajstić information content (AvgIpc) is 1.89. The van der Waals surface area contributed by atoms with Gasteiger partial charge in [0.1, 0.15) is 0 Å². The highest BCUT2D eigenvalue weighted by Gasteiger charge is 2.25. The summed E-state index contributed by atoms with van der Waals surface area (Å²) in [4.78, 5) is 0. The molecule has 0 aromatic carbocycles. The van der Waals surface area contributed by atoms with E-state index >= 15 is 0 Å². The van der Waals surface area contributed by atoms with Crippen molar-refractivity contribution in [2.75, 3.05) is 6.61 Å². The topological polar surface area (TPSA) is 9.23 Å². The van der Waals surface area contributed by atoms with Crippen molar-refractivity contribution >= 4 is 0 Å². The van der Waals surface area contributed by atoms with Crippen LogP contribution in [0.2, 0.25) is 0 Å². The lowest BCUT2D eigenvalue weighted by Crippen LogP contribution is -2.32. The minimum atomic E-state index is 0.229. The van der Waals surface area contributed by atoms with Crippen LogP contribution in [0.4, 0.5) is 0 Å². The van der Waals surface area contributed by atoms with E-state index in [9.17, 15) is 0 Å². The van der Waals surface area contributed by atoms with Crippen LogP contribution < -0.4 is 0 Å². The molecule has 1 heteroatoms. The first-order chi connectivity index (χ1) is 4.77.